The highest BCUT2D eigenvalue weighted by Gasteiger charge is 2.17. The number of fused-ring (bicyclic) bond motifs is 2. The number of benzene rings is 1. The lowest BCUT2D eigenvalue weighted by Crippen LogP contribution is -2.19. The van der Waals surface area contributed by atoms with Gasteiger partial charge < -0.3 is 11.5 Å². The van der Waals surface area contributed by atoms with Gasteiger partial charge in [0.05, 0.1) is 23.0 Å². The molecule has 6 aromatic rings. The highest BCUT2D eigenvalue weighted by atomic mass is 32.1. The van der Waals surface area contributed by atoms with E-state index in [-0.39, 0.29) is 16.9 Å². The van der Waals surface area contributed by atoms with Crippen LogP contribution in [0.2, 0.25) is 0 Å². The van der Waals surface area contributed by atoms with Gasteiger partial charge in [-0.3, -0.25) is 14.3 Å². The Bertz CT molecular complexity index is 1940. The van der Waals surface area contributed by atoms with Gasteiger partial charge >= 0.3 is 0 Å². The number of hydrogen-bond acceptors (Lipinski definition) is 8. The molecule has 39 heavy (non-hydrogen) atoms. The number of carbonyl (C=O) groups is 1. The second-order valence-electron chi connectivity index (χ2n) is 8.36. The van der Waals surface area contributed by atoms with E-state index in [2.05, 4.69) is 27.0 Å². The molecule has 0 atom stereocenters. The molecule has 4 N–H and O–H groups in total. The number of carbonyl (C=O) groups excluding carboxylic acids is 1. The van der Waals surface area contributed by atoms with Crippen LogP contribution in [0, 0.1) is 11.8 Å². The van der Waals surface area contributed by atoms with Crippen molar-refractivity contribution < 1.29 is 4.79 Å². The van der Waals surface area contributed by atoms with Crippen molar-refractivity contribution in [3.05, 3.63) is 99.4 Å². The zero-order valence-corrected chi connectivity index (χ0v) is 21.9. The summed E-state index contributed by atoms with van der Waals surface area (Å²) in [5, 5.41) is 9.85. The average molecular weight is 538 g/mol. The quantitative estimate of drug-likeness (QED) is 0.329. The third kappa shape index (κ3) is 4.98. The number of nitrogens with zero attached hydrogens (tertiary/aromatic N) is 7. The predicted molar refractivity (Wildman–Crippen MR) is 149 cm³/mol. The molecule has 0 aliphatic heterocycles. The molecule has 0 aliphatic carbocycles. The maximum atomic E-state index is 13.3. The van der Waals surface area contributed by atoms with E-state index in [4.69, 9.17) is 16.5 Å². The number of nitrogen functional groups attached to an aromatic ring is 1. The monoisotopic (exact) mass is 537 g/mol. The molecule has 0 radical (unpaired) electrons. The molecule has 0 unspecified atom stereocenters. The summed E-state index contributed by atoms with van der Waals surface area (Å²) in [5.41, 5.74) is 14.9. The second-order valence-corrected chi connectivity index (χ2v) is 9.20. The first kappa shape index (κ1) is 25.4. The Morgan fingerprint density at radius 3 is 2.64 bits per heavy atom. The first-order valence-electron chi connectivity index (χ1n) is 11.8. The van der Waals surface area contributed by atoms with Gasteiger partial charge in [-0.1, -0.05) is 43.2 Å². The Balaban J connectivity index is 0.000000198. The van der Waals surface area contributed by atoms with Crippen LogP contribution in [0.1, 0.15) is 34.2 Å². The Kier molecular flexibility index (Phi) is 6.90. The van der Waals surface area contributed by atoms with Crippen molar-refractivity contribution in [2.75, 3.05) is 5.73 Å². The molecule has 194 valence electrons. The number of primary amides is 1. The van der Waals surface area contributed by atoms with E-state index >= 15 is 0 Å². The summed E-state index contributed by atoms with van der Waals surface area (Å²) in [6, 6.07) is 11.4. The summed E-state index contributed by atoms with van der Waals surface area (Å²) in [5.74, 6) is 5.63. The highest BCUT2D eigenvalue weighted by molar-refractivity contribution is 7.15. The fourth-order valence-corrected chi connectivity index (χ4v) is 4.83. The van der Waals surface area contributed by atoms with Crippen molar-refractivity contribution in [3.63, 3.8) is 0 Å². The first-order chi connectivity index (χ1) is 18.9. The molecule has 12 heteroatoms. The van der Waals surface area contributed by atoms with E-state index in [1.165, 1.54) is 15.9 Å². The third-order valence-corrected chi connectivity index (χ3v) is 6.58. The van der Waals surface area contributed by atoms with Gasteiger partial charge in [0.1, 0.15) is 11.3 Å². The number of thiazole rings is 1. The number of aryl methyl sites for hydroxylation is 2. The number of amides is 1. The molecule has 0 saturated heterocycles. The minimum atomic E-state index is -0.619. The molecule has 0 spiro atoms. The van der Waals surface area contributed by atoms with Crippen LogP contribution in [0.15, 0.2) is 71.4 Å². The van der Waals surface area contributed by atoms with Crippen molar-refractivity contribution in [2.24, 2.45) is 12.8 Å². The van der Waals surface area contributed by atoms with E-state index in [0.717, 1.165) is 16.8 Å². The molecule has 1 aromatic carbocycles. The fraction of sp³-hybridized carbons (Fsp3) is 0.111. The van der Waals surface area contributed by atoms with Crippen LogP contribution in [0.25, 0.3) is 21.7 Å². The van der Waals surface area contributed by atoms with Crippen molar-refractivity contribution in [1.82, 2.24) is 33.8 Å². The van der Waals surface area contributed by atoms with Crippen molar-refractivity contribution >= 4 is 33.7 Å². The third-order valence-electron chi connectivity index (χ3n) is 5.75. The van der Waals surface area contributed by atoms with Gasteiger partial charge in [0, 0.05) is 31.0 Å². The topological polar surface area (TPSA) is 151 Å². The number of aromatic nitrogens is 7. The van der Waals surface area contributed by atoms with Crippen LogP contribution in [-0.2, 0) is 13.5 Å². The molecule has 1 amide bonds. The summed E-state index contributed by atoms with van der Waals surface area (Å²) < 4.78 is 4.72. The van der Waals surface area contributed by atoms with Gasteiger partial charge in [0.2, 0.25) is 0 Å². The standard InChI is InChI=1S/C20H16N4OS.C7H7N5O/c1-3-17-18(15-7-5-4-6-8-15)19(25)24-16(13-26-20(24)22-17)10-9-14-11-21-23(2)12-14;8-5-4(6(9)13)7-10-2-1-3-12(7)11-5/h4-8,11-13H,3H2,1-2H3;1-3H,(H2,8,11)(H2,9,13). The molecule has 0 aliphatic rings. The highest BCUT2D eigenvalue weighted by Crippen LogP contribution is 2.22. The minimum Gasteiger partial charge on any atom is -0.381 e. The summed E-state index contributed by atoms with van der Waals surface area (Å²) in [6.07, 6.45) is 7.43. The molecular weight excluding hydrogens is 514 g/mol. The Hall–Kier alpha value is -5.28. The Labute approximate surface area is 226 Å². The summed E-state index contributed by atoms with van der Waals surface area (Å²) in [4.78, 5) is 33.5. The number of hydrogen-bond donors (Lipinski definition) is 2. The molecule has 0 saturated carbocycles. The van der Waals surface area contributed by atoms with E-state index in [1.807, 2.05) is 55.9 Å². The van der Waals surface area contributed by atoms with Crippen molar-refractivity contribution in [1.29, 1.82) is 0 Å². The SMILES string of the molecule is CCc1nc2scc(C#Cc3cnn(C)c3)n2c(=O)c1-c1ccccc1.NC(=O)c1c(N)nn2cccnc12. The smallest absolute Gasteiger partial charge is 0.267 e. The van der Waals surface area contributed by atoms with E-state index in [9.17, 15) is 9.59 Å². The molecular formula is C27H23N9O2S. The van der Waals surface area contributed by atoms with Crippen LogP contribution in [0.4, 0.5) is 5.82 Å². The maximum absolute atomic E-state index is 13.3. The fourth-order valence-electron chi connectivity index (χ4n) is 3.99. The second kappa shape index (κ2) is 10.6. The molecule has 6 rings (SSSR count). The largest absolute Gasteiger partial charge is 0.381 e. The minimum absolute atomic E-state index is 0.0743. The lowest BCUT2D eigenvalue weighted by Gasteiger charge is -2.07. The first-order valence-corrected chi connectivity index (χ1v) is 12.7. The lowest BCUT2D eigenvalue weighted by molar-refractivity contribution is 0.100. The number of anilines is 1. The maximum Gasteiger partial charge on any atom is 0.267 e. The molecule has 0 fully saturated rings. The van der Waals surface area contributed by atoms with Gasteiger partial charge in [-0.05, 0) is 24.0 Å². The summed E-state index contributed by atoms with van der Waals surface area (Å²) >= 11 is 1.43. The van der Waals surface area contributed by atoms with E-state index < -0.39 is 5.91 Å². The van der Waals surface area contributed by atoms with E-state index in [1.54, 1.807) is 33.7 Å². The van der Waals surface area contributed by atoms with Crippen LogP contribution in [-0.4, -0.2) is 39.7 Å². The molecule has 5 heterocycles. The Morgan fingerprint density at radius 1 is 1.15 bits per heavy atom. The van der Waals surface area contributed by atoms with Gasteiger partial charge in [-0.15, -0.1) is 16.4 Å². The Morgan fingerprint density at radius 2 is 1.95 bits per heavy atom. The zero-order valence-electron chi connectivity index (χ0n) is 21.1. The van der Waals surface area contributed by atoms with Gasteiger partial charge in [-0.25, -0.2) is 18.9 Å². The molecule has 5 aromatic heterocycles. The van der Waals surface area contributed by atoms with Gasteiger partial charge in [0.25, 0.3) is 11.5 Å². The van der Waals surface area contributed by atoms with Crippen molar-refractivity contribution in [3.8, 4) is 23.0 Å². The van der Waals surface area contributed by atoms with Crippen LogP contribution in [0.3, 0.4) is 0 Å². The summed E-state index contributed by atoms with van der Waals surface area (Å²) in [6.45, 7) is 2.02. The zero-order chi connectivity index (χ0) is 27.5. The predicted octanol–water partition coefficient (Wildman–Crippen LogP) is 2.53. The number of nitrogens with two attached hydrogens (primary N) is 2. The van der Waals surface area contributed by atoms with Gasteiger partial charge in [-0.2, -0.15) is 5.10 Å². The number of rotatable bonds is 3. The molecule has 11 nitrogen and oxygen atoms in total. The normalized spacial score (nSPS) is 10.6. The van der Waals surface area contributed by atoms with Crippen LogP contribution >= 0.6 is 11.3 Å². The summed E-state index contributed by atoms with van der Waals surface area (Å²) in [7, 11) is 1.85. The van der Waals surface area contributed by atoms with Crippen LogP contribution < -0.4 is 17.0 Å². The molecule has 0 bridgehead atoms. The van der Waals surface area contributed by atoms with Crippen molar-refractivity contribution in [2.45, 2.75) is 13.3 Å². The van der Waals surface area contributed by atoms with E-state index in [0.29, 0.717) is 28.3 Å². The van der Waals surface area contributed by atoms with Gasteiger partial charge in [0.15, 0.2) is 16.4 Å². The van der Waals surface area contributed by atoms with Crippen LogP contribution in [0.5, 0.6) is 0 Å². The average Bonchev–Trinajstić information content (AvgIpc) is 3.63. The lowest BCUT2D eigenvalue weighted by atomic mass is 10.0.